The number of pyridine rings is 1. The lowest BCUT2D eigenvalue weighted by atomic mass is 10.1. The van der Waals surface area contributed by atoms with Gasteiger partial charge in [0.05, 0.1) is 0 Å². The van der Waals surface area contributed by atoms with E-state index >= 15 is 0 Å². The summed E-state index contributed by atoms with van der Waals surface area (Å²) in [4.78, 5) is 5.73. The van der Waals surface area contributed by atoms with E-state index in [0.717, 1.165) is 6.42 Å². The van der Waals surface area contributed by atoms with E-state index in [0.29, 0.717) is 4.83 Å². The van der Waals surface area contributed by atoms with Gasteiger partial charge in [-0.25, -0.2) is 0 Å². The topological polar surface area (TPSA) is 12.9 Å². The van der Waals surface area contributed by atoms with Crippen LogP contribution in [0.1, 0.15) is 16.0 Å². The Kier molecular flexibility index (Phi) is 4.63. The van der Waals surface area contributed by atoms with Gasteiger partial charge in [-0.3, -0.25) is 4.98 Å². The summed E-state index contributed by atoms with van der Waals surface area (Å²) in [6, 6.07) is 12.7. The normalized spacial score (nSPS) is 12.4. The standard InChI is InChI=1S/C14H14BrNS/c1-17-14-5-3-2-4-12(14)13(15)10-11-6-8-16-9-7-11/h2-9,13H,10H2,1H3. The second-order valence-corrected chi connectivity index (χ2v) is 5.72. The summed E-state index contributed by atoms with van der Waals surface area (Å²) < 4.78 is 0. The van der Waals surface area contributed by atoms with Crippen molar-refractivity contribution in [2.24, 2.45) is 0 Å². The van der Waals surface area contributed by atoms with Crippen molar-refractivity contribution in [3.8, 4) is 0 Å². The molecule has 1 nitrogen and oxygen atoms in total. The molecule has 0 spiro atoms. The Morgan fingerprint density at radius 1 is 1.18 bits per heavy atom. The van der Waals surface area contributed by atoms with Crippen molar-refractivity contribution < 1.29 is 0 Å². The van der Waals surface area contributed by atoms with Gasteiger partial charge in [0.2, 0.25) is 0 Å². The van der Waals surface area contributed by atoms with E-state index in [-0.39, 0.29) is 0 Å². The molecule has 0 fully saturated rings. The molecular weight excluding hydrogens is 294 g/mol. The highest BCUT2D eigenvalue weighted by Gasteiger charge is 2.11. The van der Waals surface area contributed by atoms with Crippen molar-refractivity contribution in [2.45, 2.75) is 16.1 Å². The first-order valence-electron chi connectivity index (χ1n) is 5.47. The van der Waals surface area contributed by atoms with Crippen molar-refractivity contribution in [1.29, 1.82) is 0 Å². The van der Waals surface area contributed by atoms with Crippen LogP contribution in [0.25, 0.3) is 0 Å². The average molecular weight is 308 g/mol. The van der Waals surface area contributed by atoms with Crippen LogP contribution in [0.3, 0.4) is 0 Å². The molecule has 1 heterocycles. The number of aromatic nitrogens is 1. The molecule has 1 atom stereocenters. The van der Waals surface area contributed by atoms with Crippen LogP contribution in [0.4, 0.5) is 0 Å². The average Bonchev–Trinajstić information content (AvgIpc) is 2.40. The molecule has 17 heavy (non-hydrogen) atoms. The number of nitrogens with zero attached hydrogens (tertiary/aromatic N) is 1. The predicted octanol–water partition coefficient (Wildman–Crippen LogP) is 4.48. The molecule has 3 heteroatoms. The van der Waals surface area contributed by atoms with Gasteiger partial charge in [-0.1, -0.05) is 34.1 Å². The van der Waals surface area contributed by atoms with Crippen LogP contribution in [-0.4, -0.2) is 11.2 Å². The van der Waals surface area contributed by atoms with Gasteiger partial charge >= 0.3 is 0 Å². The molecule has 0 saturated carbocycles. The molecule has 0 aliphatic heterocycles. The summed E-state index contributed by atoms with van der Waals surface area (Å²) in [6.45, 7) is 0. The van der Waals surface area contributed by atoms with Gasteiger partial charge in [0, 0.05) is 22.1 Å². The van der Waals surface area contributed by atoms with Gasteiger partial charge in [0.25, 0.3) is 0 Å². The lowest BCUT2D eigenvalue weighted by Gasteiger charge is -2.13. The monoisotopic (exact) mass is 307 g/mol. The molecular formula is C14H14BrNS. The van der Waals surface area contributed by atoms with Crippen molar-refractivity contribution in [2.75, 3.05) is 6.26 Å². The van der Waals surface area contributed by atoms with Gasteiger partial charge in [0.1, 0.15) is 0 Å². The maximum absolute atomic E-state index is 4.04. The Morgan fingerprint density at radius 2 is 1.88 bits per heavy atom. The lowest BCUT2D eigenvalue weighted by molar-refractivity contribution is 0.921. The van der Waals surface area contributed by atoms with E-state index in [9.17, 15) is 0 Å². The number of hydrogen-bond donors (Lipinski definition) is 0. The fourth-order valence-corrected chi connectivity index (χ4v) is 3.35. The van der Waals surface area contributed by atoms with Gasteiger partial charge < -0.3 is 0 Å². The largest absolute Gasteiger partial charge is 0.265 e. The Balaban J connectivity index is 2.17. The van der Waals surface area contributed by atoms with E-state index in [1.165, 1.54) is 16.0 Å². The fourth-order valence-electron chi connectivity index (χ4n) is 1.76. The highest BCUT2D eigenvalue weighted by molar-refractivity contribution is 9.09. The minimum absolute atomic E-state index is 0.355. The van der Waals surface area contributed by atoms with Crippen LogP contribution >= 0.6 is 27.7 Å². The molecule has 0 radical (unpaired) electrons. The van der Waals surface area contributed by atoms with E-state index < -0.39 is 0 Å². The third kappa shape index (κ3) is 3.33. The van der Waals surface area contributed by atoms with Gasteiger partial charge in [-0.05, 0) is 42.0 Å². The van der Waals surface area contributed by atoms with Crippen molar-refractivity contribution in [3.05, 3.63) is 59.9 Å². The summed E-state index contributed by atoms with van der Waals surface area (Å²) in [5, 5.41) is 0. The summed E-state index contributed by atoms with van der Waals surface area (Å²) in [5.74, 6) is 0. The fraction of sp³-hybridized carbons (Fsp3) is 0.214. The SMILES string of the molecule is CSc1ccccc1C(Br)Cc1ccncc1. The second kappa shape index (κ2) is 6.22. The molecule has 1 aromatic heterocycles. The first-order chi connectivity index (χ1) is 8.31. The molecule has 1 unspecified atom stereocenters. The van der Waals surface area contributed by atoms with Crippen LogP contribution in [0.15, 0.2) is 53.7 Å². The zero-order valence-electron chi connectivity index (χ0n) is 9.64. The van der Waals surface area contributed by atoms with E-state index in [2.05, 4.69) is 63.6 Å². The first kappa shape index (κ1) is 12.7. The number of halogens is 1. The van der Waals surface area contributed by atoms with E-state index in [1.54, 1.807) is 11.8 Å². The summed E-state index contributed by atoms with van der Waals surface area (Å²) >= 11 is 5.57. The molecule has 0 N–H and O–H groups in total. The smallest absolute Gasteiger partial charge is 0.0446 e. The van der Waals surface area contributed by atoms with Crippen LogP contribution < -0.4 is 0 Å². The third-order valence-electron chi connectivity index (χ3n) is 2.64. The first-order valence-corrected chi connectivity index (χ1v) is 7.61. The number of rotatable bonds is 4. The van der Waals surface area contributed by atoms with E-state index in [4.69, 9.17) is 0 Å². The second-order valence-electron chi connectivity index (χ2n) is 3.77. The highest BCUT2D eigenvalue weighted by Crippen LogP contribution is 2.33. The zero-order valence-corrected chi connectivity index (χ0v) is 12.0. The molecule has 0 bridgehead atoms. The van der Waals surface area contributed by atoms with Gasteiger partial charge in [-0.2, -0.15) is 0 Å². The van der Waals surface area contributed by atoms with Gasteiger partial charge in [0.15, 0.2) is 0 Å². The molecule has 2 rings (SSSR count). The minimum Gasteiger partial charge on any atom is -0.265 e. The van der Waals surface area contributed by atoms with Crippen molar-refractivity contribution >= 4 is 27.7 Å². The molecule has 0 aliphatic rings. The van der Waals surface area contributed by atoms with E-state index in [1.807, 2.05) is 12.4 Å². The Morgan fingerprint density at radius 3 is 2.59 bits per heavy atom. The predicted molar refractivity (Wildman–Crippen MR) is 77.8 cm³/mol. The third-order valence-corrected chi connectivity index (χ3v) is 4.27. The Hall–Kier alpha value is -0.800. The quantitative estimate of drug-likeness (QED) is 0.610. The summed E-state index contributed by atoms with van der Waals surface area (Å²) in [6.07, 6.45) is 6.79. The number of benzene rings is 1. The number of thioether (sulfide) groups is 1. The van der Waals surface area contributed by atoms with Crippen molar-refractivity contribution in [3.63, 3.8) is 0 Å². The Labute approximate surface area is 115 Å². The van der Waals surface area contributed by atoms with Crippen LogP contribution in [0, 0.1) is 0 Å². The molecule has 2 aromatic rings. The highest BCUT2D eigenvalue weighted by atomic mass is 79.9. The molecule has 0 amide bonds. The van der Waals surface area contributed by atoms with Crippen LogP contribution in [0.5, 0.6) is 0 Å². The van der Waals surface area contributed by atoms with Gasteiger partial charge in [-0.15, -0.1) is 11.8 Å². The van der Waals surface area contributed by atoms with Crippen molar-refractivity contribution in [1.82, 2.24) is 4.98 Å². The molecule has 0 saturated heterocycles. The molecule has 88 valence electrons. The number of alkyl halides is 1. The number of hydrogen-bond acceptors (Lipinski definition) is 2. The van der Waals surface area contributed by atoms with Crippen LogP contribution in [0.2, 0.25) is 0 Å². The summed E-state index contributed by atoms with van der Waals surface area (Å²) in [7, 11) is 0. The Bertz CT molecular complexity index is 473. The minimum atomic E-state index is 0.355. The maximum atomic E-state index is 4.04. The lowest BCUT2D eigenvalue weighted by Crippen LogP contribution is -1.97. The maximum Gasteiger partial charge on any atom is 0.0446 e. The molecule has 0 aliphatic carbocycles. The van der Waals surface area contributed by atoms with Crippen LogP contribution in [-0.2, 0) is 6.42 Å². The zero-order chi connectivity index (χ0) is 12.1. The summed E-state index contributed by atoms with van der Waals surface area (Å²) in [5.41, 5.74) is 2.66. The molecule has 1 aromatic carbocycles.